The highest BCUT2D eigenvalue weighted by atomic mass is 32.2. The quantitative estimate of drug-likeness (QED) is 0.878. The van der Waals surface area contributed by atoms with Gasteiger partial charge in [0.1, 0.15) is 0 Å². The summed E-state index contributed by atoms with van der Waals surface area (Å²) in [5.41, 5.74) is 0.981. The van der Waals surface area contributed by atoms with Gasteiger partial charge in [0.25, 0.3) is 0 Å². The predicted molar refractivity (Wildman–Crippen MR) is 85.8 cm³/mol. The van der Waals surface area contributed by atoms with Crippen LogP contribution in [0.2, 0.25) is 0 Å². The van der Waals surface area contributed by atoms with Gasteiger partial charge >= 0.3 is 0 Å². The highest BCUT2D eigenvalue weighted by molar-refractivity contribution is 7.89. The van der Waals surface area contributed by atoms with Crippen molar-refractivity contribution in [1.29, 1.82) is 0 Å². The number of sulfonamides is 1. The molecule has 1 N–H and O–H groups in total. The van der Waals surface area contributed by atoms with E-state index in [2.05, 4.69) is 5.32 Å². The maximum Gasteiger partial charge on any atom is 0.243 e. The molecule has 0 radical (unpaired) electrons. The van der Waals surface area contributed by atoms with E-state index in [1.807, 2.05) is 26.0 Å². The zero-order chi connectivity index (χ0) is 15.3. The van der Waals surface area contributed by atoms with Gasteiger partial charge in [-0.25, -0.2) is 8.42 Å². The molecule has 1 heterocycles. The van der Waals surface area contributed by atoms with E-state index in [1.165, 1.54) is 0 Å². The summed E-state index contributed by atoms with van der Waals surface area (Å²) in [7, 11) is -3.37. The molecule has 21 heavy (non-hydrogen) atoms. The lowest BCUT2D eigenvalue weighted by Gasteiger charge is -2.29. The van der Waals surface area contributed by atoms with Gasteiger partial charge < -0.3 is 5.32 Å². The first kappa shape index (κ1) is 16.5. The van der Waals surface area contributed by atoms with Crippen LogP contribution in [0, 0.1) is 12.8 Å². The van der Waals surface area contributed by atoms with Crippen LogP contribution >= 0.6 is 0 Å². The lowest BCUT2D eigenvalue weighted by atomic mass is 9.98. The van der Waals surface area contributed by atoms with Gasteiger partial charge in [-0.05, 0) is 62.9 Å². The van der Waals surface area contributed by atoms with Gasteiger partial charge in [-0.15, -0.1) is 0 Å². The third-order valence-corrected chi connectivity index (χ3v) is 5.88. The summed E-state index contributed by atoms with van der Waals surface area (Å²) in [5.74, 6) is 0.470. The van der Waals surface area contributed by atoms with Crippen LogP contribution < -0.4 is 5.32 Å². The number of rotatable bonds is 6. The molecule has 0 saturated carbocycles. The smallest absolute Gasteiger partial charge is 0.243 e. The van der Waals surface area contributed by atoms with Crippen LogP contribution in [-0.4, -0.2) is 38.9 Å². The normalized spacial score (nSPS) is 17.3. The number of benzene rings is 1. The van der Waals surface area contributed by atoms with Crippen molar-refractivity contribution in [3.63, 3.8) is 0 Å². The molecule has 5 heteroatoms. The fourth-order valence-corrected chi connectivity index (χ4v) is 4.55. The summed E-state index contributed by atoms with van der Waals surface area (Å²) in [5, 5.41) is 3.33. The van der Waals surface area contributed by atoms with E-state index in [-0.39, 0.29) is 0 Å². The SMILES string of the molecule is CCCN(CC1CCNCC1)S(=O)(=O)c1cccc(C)c1. The average Bonchev–Trinajstić information content (AvgIpc) is 2.48. The van der Waals surface area contributed by atoms with Crippen molar-refractivity contribution in [2.24, 2.45) is 5.92 Å². The van der Waals surface area contributed by atoms with Gasteiger partial charge in [0.2, 0.25) is 10.0 Å². The highest BCUT2D eigenvalue weighted by Gasteiger charge is 2.27. The van der Waals surface area contributed by atoms with Crippen LogP contribution in [-0.2, 0) is 10.0 Å². The molecule has 0 aromatic heterocycles. The van der Waals surface area contributed by atoms with Crippen LogP contribution in [0.1, 0.15) is 31.7 Å². The van der Waals surface area contributed by atoms with Gasteiger partial charge in [-0.3, -0.25) is 0 Å². The van der Waals surface area contributed by atoms with Crippen LogP contribution in [0.3, 0.4) is 0 Å². The first-order valence-electron chi connectivity index (χ1n) is 7.81. The molecule has 0 unspecified atom stereocenters. The second-order valence-electron chi connectivity index (χ2n) is 5.87. The second kappa shape index (κ2) is 7.38. The molecule has 1 aromatic rings. The monoisotopic (exact) mass is 310 g/mol. The second-order valence-corrected chi connectivity index (χ2v) is 7.81. The Labute approximate surface area is 128 Å². The molecule has 0 spiro atoms. The Bertz CT molecular complexity index is 551. The molecule has 1 aliphatic rings. The fraction of sp³-hybridized carbons (Fsp3) is 0.625. The molecule has 1 fully saturated rings. The molecule has 0 aliphatic carbocycles. The molecular weight excluding hydrogens is 284 g/mol. The molecule has 2 rings (SSSR count). The summed E-state index contributed by atoms with van der Waals surface area (Å²) in [6.45, 7) is 7.19. The Balaban J connectivity index is 2.19. The maximum atomic E-state index is 12.9. The third-order valence-electron chi connectivity index (χ3n) is 4.02. The van der Waals surface area contributed by atoms with Crippen molar-refractivity contribution < 1.29 is 8.42 Å². The Hall–Kier alpha value is -0.910. The Morgan fingerprint density at radius 1 is 1.29 bits per heavy atom. The maximum absolute atomic E-state index is 12.9. The van der Waals surface area contributed by atoms with Gasteiger partial charge in [0.05, 0.1) is 4.90 Å². The summed E-state index contributed by atoms with van der Waals surface area (Å²) in [6.07, 6.45) is 2.96. The molecule has 0 bridgehead atoms. The predicted octanol–water partition coefficient (Wildman–Crippen LogP) is 2.40. The number of hydrogen-bond donors (Lipinski definition) is 1. The van der Waals surface area contributed by atoms with E-state index in [0.717, 1.165) is 37.9 Å². The molecule has 1 aromatic carbocycles. The van der Waals surface area contributed by atoms with Crippen LogP contribution in [0.15, 0.2) is 29.2 Å². The molecular formula is C16H26N2O2S. The van der Waals surface area contributed by atoms with E-state index >= 15 is 0 Å². The zero-order valence-electron chi connectivity index (χ0n) is 13.0. The fourth-order valence-electron chi connectivity index (χ4n) is 2.84. The Kier molecular flexibility index (Phi) is 5.79. The van der Waals surface area contributed by atoms with Crippen molar-refractivity contribution in [1.82, 2.24) is 9.62 Å². The van der Waals surface area contributed by atoms with E-state index in [4.69, 9.17) is 0 Å². The van der Waals surface area contributed by atoms with Crippen LogP contribution in [0.4, 0.5) is 0 Å². The minimum Gasteiger partial charge on any atom is -0.317 e. The van der Waals surface area contributed by atoms with E-state index in [9.17, 15) is 8.42 Å². The standard InChI is InChI=1S/C16H26N2O2S/c1-3-11-18(13-15-7-9-17-10-8-15)21(19,20)16-6-4-5-14(2)12-16/h4-6,12,15,17H,3,7-11,13H2,1-2H3. The topological polar surface area (TPSA) is 49.4 Å². The van der Waals surface area contributed by atoms with Gasteiger partial charge in [-0.2, -0.15) is 4.31 Å². The lowest BCUT2D eigenvalue weighted by Crippen LogP contribution is -2.39. The summed E-state index contributed by atoms with van der Waals surface area (Å²) in [6, 6.07) is 7.21. The number of piperidine rings is 1. The third kappa shape index (κ3) is 4.28. The zero-order valence-corrected chi connectivity index (χ0v) is 13.8. The summed E-state index contributed by atoms with van der Waals surface area (Å²) >= 11 is 0. The molecule has 0 atom stereocenters. The summed E-state index contributed by atoms with van der Waals surface area (Å²) < 4.78 is 27.4. The molecule has 4 nitrogen and oxygen atoms in total. The van der Waals surface area contributed by atoms with Crippen molar-refractivity contribution in [2.45, 2.75) is 38.0 Å². The number of hydrogen-bond acceptors (Lipinski definition) is 3. The van der Waals surface area contributed by atoms with Gasteiger partial charge in [0.15, 0.2) is 0 Å². The first-order chi connectivity index (χ1) is 10.0. The van der Waals surface area contributed by atoms with E-state index < -0.39 is 10.0 Å². The van der Waals surface area contributed by atoms with Crippen molar-refractivity contribution in [3.05, 3.63) is 29.8 Å². The van der Waals surface area contributed by atoms with Crippen LogP contribution in [0.5, 0.6) is 0 Å². The van der Waals surface area contributed by atoms with Gasteiger partial charge in [0, 0.05) is 13.1 Å². The van der Waals surface area contributed by atoms with E-state index in [1.54, 1.807) is 16.4 Å². The highest BCUT2D eigenvalue weighted by Crippen LogP contribution is 2.21. The number of nitrogens with one attached hydrogen (secondary N) is 1. The minimum absolute atomic E-state index is 0.421. The lowest BCUT2D eigenvalue weighted by molar-refractivity contribution is 0.288. The van der Waals surface area contributed by atoms with Crippen molar-refractivity contribution >= 4 is 10.0 Å². The summed E-state index contributed by atoms with van der Waals surface area (Å²) in [4.78, 5) is 0.421. The Morgan fingerprint density at radius 2 is 2.00 bits per heavy atom. The van der Waals surface area contributed by atoms with Gasteiger partial charge in [-0.1, -0.05) is 19.1 Å². The van der Waals surface area contributed by atoms with E-state index in [0.29, 0.717) is 23.9 Å². The van der Waals surface area contributed by atoms with Crippen molar-refractivity contribution in [3.8, 4) is 0 Å². The van der Waals surface area contributed by atoms with Crippen molar-refractivity contribution in [2.75, 3.05) is 26.2 Å². The molecule has 118 valence electrons. The number of nitrogens with zero attached hydrogens (tertiary/aromatic N) is 1. The molecule has 1 saturated heterocycles. The molecule has 0 amide bonds. The Morgan fingerprint density at radius 3 is 2.62 bits per heavy atom. The minimum atomic E-state index is -3.37. The molecule has 1 aliphatic heterocycles. The first-order valence-corrected chi connectivity index (χ1v) is 9.25. The largest absolute Gasteiger partial charge is 0.317 e. The number of aryl methyl sites for hydroxylation is 1. The van der Waals surface area contributed by atoms with Crippen LogP contribution in [0.25, 0.3) is 0 Å². The average molecular weight is 310 g/mol.